The van der Waals surface area contributed by atoms with Crippen LogP contribution in [-0.4, -0.2) is 4.69 Å². The van der Waals surface area contributed by atoms with Gasteiger partial charge in [-0.3, -0.25) is 4.79 Å². The lowest BCUT2D eigenvalue weighted by Gasteiger charge is -1.96. The van der Waals surface area contributed by atoms with Gasteiger partial charge in [-0.25, -0.2) is 0 Å². The first kappa shape index (κ1) is 7.15. The van der Waals surface area contributed by atoms with E-state index in [4.69, 9.17) is 0 Å². The topological polar surface area (TPSA) is 17.1 Å². The summed E-state index contributed by atoms with van der Waals surface area (Å²) < 4.78 is 0.106. The molecule has 0 amide bonds. The first-order valence-corrected chi connectivity index (χ1v) is 3.17. The van der Waals surface area contributed by atoms with Gasteiger partial charge in [0, 0.05) is 5.92 Å². The Morgan fingerprint density at radius 3 is 2.29 bits per heavy atom. The molecule has 0 aliphatic carbocycles. The zero-order valence-corrected chi connectivity index (χ0v) is 6.16. The van der Waals surface area contributed by atoms with Crippen LogP contribution in [0.3, 0.4) is 0 Å². The van der Waals surface area contributed by atoms with Gasteiger partial charge in [0.25, 0.3) is 0 Å². The summed E-state index contributed by atoms with van der Waals surface area (Å²) in [6.45, 7) is 3.89. The number of carbonyl (C=O) groups is 1. The Balaban J connectivity index is 3.34. The molecule has 0 spiro atoms. The lowest BCUT2D eigenvalue weighted by molar-refractivity contribution is -0.113. The Morgan fingerprint density at radius 2 is 2.29 bits per heavy atom. The van der Waals surface area contributed by atoms with Gasteiger partial charge in [0.2, 0.25) is 4.69 Å². The molecular weight excluding hydrogens is 156 g/mol. The summed E-state index contributed by atoms with van der Waals surface area (Å²) in [6.07, 6.45) is 0.921. The van der Waals surface area contributed by atoms with E-state index in [1.54, 1.807) is 0 Å². The summed E-state index contributed by atoms with van der Waals surface area (Å²) in [5.74, 6) is 0.181. The van der Waals surface area contributed by atoms with Gasteiger partial charge in [-0.05, 0) is 22.4 Å². The van der Waals surface area contributed by atoms with Gasteiger partial charge >= 0.3 is 0 Å². The molecule has 0 saturated carbocycles. The molecule has 0 N–H and O–H groups in total. The van der Waals surface area contributed by atoms with Crippen molar-refractivity contribution in [2.75, 3.05) is 0 Å². The summed E-state index contributed by atoms with van der Waals surface area (Å²) >= 11 is 2.86. The molecule has 0 aliphatic heterocycles. The smallest absolute Gasteiger partial charge is 0.200 e. The molecule has 0 bridgehead atoms. The monoisotopic (exact) mass is 164 g/mol. The average Bonchev–Trinajstić information content (AvgIpc) is 1.65. The highest BCUT2D eigenvalue weighted by Crippen LogP contribution is 2.05. The van der Waals surface area contributed by atoms with Crippen molar-refractivity contribution in [1.82, 2.24) is 0 Å². The molecule has 0 aromatic rings. The molecule has 1 nitrogen and oxygen atoms in total. The maximum Gasteiger partial charge on any atom is 0.200 e. The first-order chi connectivity index (χ1) is 3.18. The number of hydrogen-bond acceptors (Lipinski definition) is 1. The fourth-order valence-electron chi connectivity index (χ4n) is 0.160. The van der Waals surface area contributed by atoms with Gasteiger partial charge in [-0.1, -0.05) is 13.8 Å². The Bertz CT molecular complexity index is 70.5. The van der Waals surface area contributed by atoms with Gasteiger partial charge < -0.3 is 0 Å². The molecular formula is C5H9BrO. The Morgan fingerprint density at radius 1 is 1.86 bits per heavy atom. The minimum absolute atomic E-state index is 0.106. The second-order valence-corrected chi connectivity index (χ2v) is 2.39. The molecule has 0 radical (unpaired) electrons. The van der Waals surface area contributed by atoms with Crippen LogP contribution >= 0.6 is 15.9 Å². The van der Waals surface area contributed by atoms with Crippen molar-refractivity contribution in [3.8, 4) is 0 Å². The number of carbonyl (C=O) groups excluding carboxylic acids is 1. The molecule has 0 aromatic carbocycles. The van der Waals surface area contributed by atoms with Crippen LogP contribution in [0.5, 0.6) is 0 Å². The molecule has 0 aliphatic rings. The first-order valence-electron chi connectivity index (χ1n) is 2.37. The van der Waals surface area contributed by atoms with Crippen LogP contribution in [0, 0.1) is 5.92 Å². The van der Waals surface area contributed by atoms with Crippen LogP contribution in [0.25, 0.3) is 0 Å². The third-order valence-electron chi connectivity index (χ3n) is 1.000. The Labute approximate surface area is 52.2 Å². The molecule has 7 heavy (non-hydrogen) atoms. The van der Waals surface area contributed by atoms with E-state index in [-0.39, 0.29) is 10.6 Å². The standard InChI is InChI=1S/C5H9BrO/c1-3-4(2)5(6)7/h4H,3H2,1-2H3. The zero-order chi connectivity index (χ0) is 5.86. The van der Waals surface area contributed by atoms with Gasteiger partial charge in [-0.2, -0.15) is 0 Å². The SMILES string of the molecule is CCC(C)C(=O)Br. The van der Waals surface area contributed by atoms with Crippen LogP contribution in [0.15, 0.2) is 0 Å². The van der Waals surface area contributed by atoms with Crippen molar-refractivity contribution >= 4 is 20.6 Å². The molecule has 0 rings (SSSR count). The van der Waals surface area contributed by atoms with E-state index in [0.717, 1.165) is 6.42 Å². The number of rotatable bonds is 2. The predicted molar refractivity (Wildman–Crippen MR) is 33.4 cm³/mol. The van der Waals surface area contributed by atoms with Gasteiger partial charge in [0.05, 0.1) is 0 Å². The summed E-state index contributed by atoms with van der Waals surface area (Å²) in [4.78, 5) is 10.3. The van der Waals surface area contributed by atoms with Crippen LogP contribution in [-0.2, 0) is 4.79 Å². The van der Waals surface area contributed by atoms with Gasteiger partial charge in [-0.15, -0.1) is 0 Å². The second kappa shape index (κ2) is 3.19. The summed E-state index contributed by atoms with van der Waals surface area (Å²) in [6, 6.07) is 0. The molecule has 0 heterocycles. The summed E-state index contributed by atoms with van der Waals surface area (Å²) in [5.41, 5.74) is 0. The average molecular weight is 165 g/mol. The molecule has 1 atom stereocenters. The van der Waals surface area contributed by atoms with E-state index in [0.29, 0.717) is 0 Å². The highest BCUT2D eigenvalue weighted by molar-refractivity contribution is 9.18. The highest BCUT2D eigenvalue weighted by Gasteiger charge is 2.03. The van der Waals surface area contributed by atoms with Crippen molar-refractivity contribution in [3.63, 3.8) is 0 Å². The normalized spacial score (nSPS) is 13.6. The van der Waals surface area contributed by atoms with Gasteiger partial charge in [0.1, 0.15) is 0 Å². The summed E-state index contributed by atoms with van der Waals surface area (Å²) in [5, 5.41) is 0. The van der Waals surface area contributed by atoms with Crippen molar-refractivity contribution in [2.45, 2.75) is 20.3 Å². The molecule has 2 heteroatoms. The van der Waals surface area contributed by atoms with E-state index >= 15 is 0 Å². The lowest BCUT2D eigenvalue weighted by Crippen LogP contribution is -1.99. The van der Waals surface area contributed by atoms with Crippen molar-refractivity contribution in [2.24, 2.45) is 5.92 Å². The Hall–Kier alpha value is 0.150. The van der Waals surface area contributed by atoms with E-state index in [2.05, 4.69) is 15.9 Å². The third-order valence-corrected chi connectivity index (χ3v) is 1.78. The van der Waals surface area contributed by atoms with Crippen LogP contribution in [0.1, 0.15) is 20.3 Å². The van der Waals surface area contributed by atoms with Crippen LogP contribution in [0.4, 0.5) is 0 Å². The quantitative estimate of drug-likeness (QED) is 0.571. The lowest BCUT2D eigenvalue weighted by atomic mass is 10.2. The van der Waals surface area contributed by atoms with E-state index in [1.165, 1.54) is 0 Å². The predicted octanol–water partition coefficient (Wildman–Crippen LogP) is 1.95. The summed E-state index contributed by atoms with van der Waals surface area (Å²) in [7, 11) is 0. The fourth-order valence-corrected chi connectivity index (χ4v) is 0.484. The van der Waals surface area contributed by atoms with Crippen molar-refractivity contribution < 1.29 is 4.79 Å². The van der Waals surface area contributed by atoms with E-state index in [9.17, 15) is 4.79 Å². The van der Waals surface area contributed by atoms with Crippen LogP contribution < -0.4 is 0 Å². The van der Waals surface area contributed by atoms with Crippen molar-refractivity contribution in [3.05, 3.63) is 0 Å². The van der Waals surface area contributed by atoms with E-state index in [1.807, 2.05) is 13.8 Å². The number of halogens is 1. The third kappa shape index (κ3) is 2.80. The number of hydrogen-bond donors (Lipinski definition) is 0. The minimum Gasteiger partial charge on any atom is -0.286 e. The molecule has 0 saturated heterocycles. The zero-order valence-electron chi connectivity index (χ0n) is 4.57. The maximum absolute atomic E-state index is 10.3. The molecule has 0 aromatic heterocycles. The molecule has 42 valence electrons. The van der Waals surface area contributed by atoms with Crippen LogP contribution in [0.2, 0.25) is 0 Å². The molecule has 1 unspecified atom stereocenters. The highest BCUT2D eigenvalue weighted by atomic mass is 79.9. The largest absolute Gasteiger partial charge is 0.286 e. The van der Waals surface area contributed by atoms with E-state index < -0.39 is 0 Å². The van der Waals surface area contributed by atoms with Crippen molar-refractivity contribution in [1.29, 1.82) is 0 Å². The maximum atomic E-state index is 10.3. The van der Waals surface area contributed by atoms with Gasteiger partial charge in [0.15, 0.2) is 0 Å². The second-order valence-electron chi connectivity index (χ2n) is 1.61. The Kier molecular flexibility index (Phi) is 3.26. The fraction of sp³-hybridized carbons (Fsp3) is 0.800. The molecule has 0 fully saturated rings. The minimum atomic E-state index is 0.106.